The molecule has 2 unspecified atom stereocenters. The van der Waals surface area contributed by atoms with Crippen molar-refractivity contribution in [1.82, 2.24) is 15.2 Å². The second-order valence-corrected chi connectivity index (χ2v) is 9.31. The van der Waals surface area contributed by atoms with Gasteiger partial charge in [-0.15, -0.1) is 11.3 Å². The minimum absolute atomic E-state index is 0.0979. The highest BCUT2D eigenvalue weighted by Gasteiger charge is 2.30. The molecule has 2 rings (SSSR count). The lowest BCUT2D eigenvalue weighted by Crippen LogP contribution is -2.51. The summed E-state index contributed by atoms with van der Waals surface area (Å²) in [5.74, 6) is -0.230. The number of nitrogens with one attached hydrogen (secondary N) is 1. The molecule has 0 spiro atoms. The monoisotopic (exact) mass is 407 g/mol. The summed E-state index contributed by atoms with van der Waals surface area (Å²) in [6.45, 7) is 12.1. The number of aryl methyl sites for hydroxylation is 2. The van der Waals surface area contributed by atoms with E-state index in [2.05, 4.69) is 10.3 Å². The molecular formula is C21H30FN3O2S. The standard InChI is InChI=1S/C21H30FN3O2S/c1-13-19(28-15(3)23-13)14(2)25(7)20(26)24-18(21(4,5)6)12-27-17-11-9-8-10-16(17)22/h8-11,14,18H,12H2,1-7H3,(H,24,26). The number of rotatable bonds is 6. The van der Waals surface area contributed by atoms with E-state index in [1.807, 2.05) is 41.5 Å². The van der Waals surface area contributed by atoms with Gasteiger partial charge in [0.15, 0.2) is 11.6 Å². The molecular weight excluding hydrogens is 377 g/mol. The smallest absolute Gasteiger partial charge is 0.318 e. The number of urea groups is 1. The first-order chi connectivity index (χ1) is 13.0. The number of nitrogens with zero attached hydrogens (tertiary/aromatic N) is 2. The molecule has 1 N–H and O–H groups in total. The average molecular weight is 408 g/mol. The number of amides is 2. The summed E-state index contributed by atoms with van der Waals surface area (Å²) in [5.41, 5.74) is 0.687. The van der Waals surface area contributed by atoms with Gasteiger partial charge in [-0.25, -0.2) is 14.2 Å². The normalized spacial score (nSPS) is 13.7. The van der Waals surface area contributed by atoms with Crippen LogP contribution in [0.15, 0.2) is 24.3 Å². The van der Waals surface area contributed by atoms with Crippen LogP contribution < -0.4 is 10.1 Å². The molecule has 0 fully saturated rings. The lowest BCUT2D eigenvalue weighted by Gasteiger charge is -2.34. The number of benzene rings is 1. The predicted molar refractivity (Wildman–Crippen MR) is 111 cm³/mol. The Labute approximate surface area is 170 Å². The lowest BCUT2D eigenvalue weighted by molar-refractivity contribution is 0.148. The molecule has 2 amide bonds. The molecule has 1 aromatic carbocycles. The summed E-state index contributed by atoms with van der Waals surface area (Å²) in [6, 6.07) is 5.69. The van der Waals surface area contributed by atoms with Gasteiger partial charge in [-0.1, -0.05) is 32.9 Å². The summed E-state index contributed by atoms with van der Waals surface area (Å²) >= 11 is 1.60. The molecule has 0 aliphatic heterocycles. The quantitative estimate of drug-likeness (QED) is 0.725. The molecule has 2 atom stereocenters. The fourth-order valence-corrected chi connectivity index (χ4v) is 3.80. The fourth-order valence-electron chi connectivity index (χ4n) is 2.78. The number of hydrogen-bond acceptors (Lipinski definition) is 4. The van der Waals surface area contributed by atoms with Gasteiger partial charge in [-0.05, 0) is 38.3 Å². The third-order valence-corrected chi connectivity index (χ3v) is 6.05. The highest BCUT2D eigenvalue weighted by atomic mass is 32.1. The number of hydrogen-bond donors (Lipinski definition) is 1. The van der Waals surface area contributed by atoms with Crippen LogP contribution in [0.3, 0.4) is 0 Å². The fraction of sp³-hybridized carbons (Fsp3) is 0.524. The number of carbonyl (C=O) groups excluding carboxylic acids is 1. The second kappa shape index (κ2) is 8.90. The number of para-hydroxylation sites is 1. The van der Waals surface area contributed by atoms with E-state index in [0.29, 0.717) is 0 Å². The van der Waals surface area contributed by atoms with Crippen molar-refractivity contribution in [1.29, 1.82) is 0 Å². The lowest BCUT2D eigenvalue weighted by atomic mass is 9.87. The van der Waals surface area contributed by atoms with Crippen LogP contribution in [-0.2, 0) is 0 Å². The molecule has 0 aliphatic carbocycles. The highest BCUT2D eigenvalue weighted by Crippen LogP contribution is 2.29. The number of thiazole rings is 1. The van der Waals surface area contributed by atoms with E-state index in [1.54, 1.807) is 41.5 Å². The van der Waals surface area contributed by atoms with E-state index in [1.165, 1.54) is 6.07 Å². The van der Waals surface area contributed by atoms with Gasteiger partial charge in [0.05, 0.1) is 22.8 Å². The maximum absolute atomic E-state index is 13.8. The van der Waals surface area contributed by atoms with Gasteiger partial charge in [-0.3, -0.25) is 0 Å². The van der Waals surface area contributed by atoms with Gasteiger partial charge < -0.3 is 15.0 Å². The Morgan fingerprint density at radius 3 is 2.50 bits per heavy atom. The van der Waals surface area contributed by atoms with Gasteiger partial charge in [0.1, 0.15) is 6.61 Å². The van der Waals surface area contributed by atoms with Crippen LogP contribution in [0.2, 0.25) is 0 Å². The second-order valence-electron chi connectivity index (χ2n) is 8.08. The zero-order valence-corrected chi connectivity index (χ0v) is 18.5. The van der Waals surface area contributed by atoms with Crippen molar-refractivity contribution in [3.63, 3.8) is 0 Å². The van der Waals surface area contributed by atoms with E-state index < -0.39 is 5.82 Å². The predicted octanol–water partition coefficient (Wildman–Crippen LogP) is 5.10. The molecule has 1 heterocycles. The molecule has 0 saturated carbocycles. The summed E-state index contributed by atoms with van der Waals surface area (Å²) in [7, 11) is 1.77. The van der Waals surface area contributed by atoms with Crippen molar-refractivity contribution in [3.8, 4) is 5.75 Å². The Balaban J connectivity index is 2.07. The van der Waals surface area contributed by atoms with Crippen molar-refractivity contribution in [2.24, 2.45) is 5.41 Å². The van der Waals surface area contributed by atoms with Crippen LogP contribution in [0.1, 0.15) is 49.3 Å². The Bertz CT molecular complexity index is 816. The van der Waals surface area contributed by atoms with E-state index in [-0.39, 0.29) is 35.9 Å². The van der Waals surface area contributed by atoms with Gasteiger partial charge in [0, 0.05) is 11.9 Å². The SMILES string of the molecule is Cc1nc(C)c(C(C)N(C)C(=O)NC(COc2ccccc2F)C(C)(C)C)s1. The maximum atomic E-state index is 13.8. The van der Waals surface area contributed by atoms with Crippen LogP contribution in [0, 0.1) is 25.1 Å². The number of halogens is 1. The topological polar surface area (TPSA) is 54.5 Å². The zero-order chi connectivity index (χ0) is 21.1. The van der Waals surface area contributed by atoms with E-state index in [9.17, 15) is 9.18 Å². The molecule has 28 heavy (non-hydrogen) atoms. The van der Waals surface area contributed by atoms with Crippen molar-refractivity contribution < 1.29 is 13.9 Å². The molecule has 0 bridgehead atoms. The van der Waals surface area contributed by atoms with Crippen molar-refractivity contribution in [2.45, 2.75) is 53.6 Å². The highest BCUT2D eigenvalue weighted by molar-refractivity contribution is 7.11. The molecule has 2 aromatic rings. The van der Waals surface area contributed by atoms with Crippen LogP contribution in [-0.4, -0.2) is 35.6 Å². The Morgan fingerprint density at radius 2 is 1.96 bits per heavy atom. The molecule has 5 nitrogen and oxygen atoms in total. The van der Waals surface area contributed by atoms with Gasteiger partial charge >= 0.3 is 6.03 Å². The van der Waals surface area contributed by atoms with Crippen LogP contribution >= 0.6 is 11.3 Å². The van der Waals surface area contributed by atoms with Crippen LogP contribution in [0.5, 0.6) is 5.75 Å². The van der Waals surface area contributed by atoms with Crippen molar-refractivity contribution >= 4 is 17.4 Å². The molecule has 154 valence electrons. The van der Waals surface area contributed by atoms with Crippen molar-refractivity contribution in [2.75, 3.05) is 13.7 Å². The maximum Gasteiger partial charge on any atom is 0.318 e. The Morgan fingerprint density at radius 1 is 1.32 bits per heavy atom. The summed E-state index contributed by atoms with van der Waals surface area (Å²) < 4.78 is 19.5. The first-order valence-corrected chi connectivity index (χ1v) is 10.2. The minimum Gasteiger partial charge on any atom is -0.488 e. The third kappa shape index (κ3) is 5.44. The van der Waals surface area contributed by atoms with Crippen LogP contribution in [0.25, 0.3) is 0 Å². The number of carbonyl (C=O) groups is 1. The van der Waals surface area contributed by atoms with E-state index in [4.69, 9.17) is 4.74 Å². The van der Waals surface area contributed by atoms with Crippen LogP contribution in [0.4, 0.5) is 9.18 Å². The first-order valence-electron chi connectivity index (χ1n) is 9.35. The number of ether oxygens (including phenoxy) is 1. The van der Waals surface area contributed by atoms with Crippen molar-refractivity contribution in [3.05, 3.63) is 45.7 Å². The molecule has 1 aromatic heterocycles. The Hall–Kier alpha value is -2.15. The summed E-state index contributed by atoms with van der Waals surface area (Å²) in [5, 5.41) is 4.03. The first kappa shape index (κ1) is 22.1. The Kier molecular flexibility index (Phi) is 7.04. The summed E-state index contributed by atoms with van der Waals surface area (Å²) in [4.78, 5) is 20.1. The summed E-state index contributed by atoms with van der Waals surface area (Å²) in [6.07, 6.45) is 0. The zero-order valence-electron chi connectivity index (χ0n) is 17.7. The molecule has 0 radical (unpaired) electrons. The van der Waals surface area contributed by atoms with E-state index in [0.717, 1.165) is 15.6 Å². The van der Waals surface area contributed by atoms with Gasteiger partial charge in [0.25, 0.3) is 0 Å². The molecule has 0 saturated heterocycles. The van der Waals surface area contributed by atoms with E-state index >= 15 is 0 Å². The van der Waals surface area contributed by atoms with Gasteiger partial charge in [0.2, 0.25) is 0 Å². The average Bonchev–Trinajstić information content (AvgIpc) is 2.95. The largest absolute Gasteiger partial charge is 0.488 e. The van der Waals surface area contributed by atoms with Gasteiger partial charge in [-0.2, -0.15) is 0 Å². The minimum atomic E-state index is -0.414. The number of aromatic nitrogens is 1. The molecule has 0 aliphatic rings. The third-order valence-electron chi connectivity index (χ3n) is 4.81. The molecule has 7 heteroatoms.